The number of aromatic nitrogens is 1. The molecule has 5 heteroatoms. The highest BCUT2D eigenvalue weighted by Gasteiger charge is 2.24. The molecule has 0 aliphatic heterocycles. The van der Waals surface area contributed by atoms with E-state index >= 15 is 0 Å². The van der Waals surface area contributed by atoms with E-state index in [1.807, 2.05) is 12.3 Å². The summed E-state index contributed by atoms with van der Waals surface area (Å²) in [7, 11) is 1.41. The Morgan fingerprint density at radius 1 is 1.69 bits per heavy atom. The Hall–Kier alpha value is -0.940. The Kier molecular flexibility index (Phi) is 4.44. The van der Waals surface area contributed by atoms with E-state index in [2.05, 4.69) is 28.9 Å². The quantitative estimate of drug-likeness (QED) is 0.800. The Bertz CT molecular complexity index is 336. The predicted octanol–water partition coefficient (Wildman–Crippen LogP) is 1.78. The van der Waals surface area contributed by atoms with Crippen molar-refractivity contribution in [1.82, 2.24) is 10.3 Å². The second-order valence-electron chi connectivity index (χ2n) is 4.27. The molecule has 1 aromatic rings. The number of rotatable bonds is 5. The van der Waals surface area contributed by atoms with E-state index in [0.717, 1.165) is 5.01 Å². The molecule has 0 radical (unpaired) electrons. The van der Waals surface area contributed by atoms with Gasteiger partial charge in [0.25, 0.3) is 0 Å². The molecule has 0 aliphatic rings. The van der Waals surface area contributed by atoms with Crippen molar-refractivity contribution in [2.24, 2.45) is 5.92 Å². The van der Waals surface area contributed by atoms with Gasteiger partial charge in [-0.05, 0) is 13.8 Å². The van der Waals surface area contributed by atoms with Gasteiger partial charge in [0.05, 0.1) is 18.6 Å². The summed E-state index contributed by atoms with van der Waals surface area (Å²) in [5.74, 6) is -0.341. The Labute approximate surface area is 100 Å². The molecule has 1 atom stereocenters. The average Bonchev–Trinajstić information content (AvgIpc) is 2.78. The van der Waals surface area contributed by atoms with Crippen LogP contribution in [0.1, 0.15) is 25.8 Å². The summed E-state index contributed by atoms with van der Waals surface area (Å²) in [4.78, 5) is 15.5. The number of ether oxygens (including phenoxy) is 1. The zero-order valence-corrected chi connectivity index (χ0v) is 10.9. The largest absolute Gasteiger partial charge is 0.469 e. The van der Waals surface area contributed by atoms with Crippen LogP contribution < -0.4 is 5.32 Å². The van der Waals surface area contributed by atoms with Gasteiger partial charge in [0, 0.05) is 18.1 Å². The Balaban J connectivity index is 2.51. The standard InChI is InChI=1S/C11H18N2O2S/c1-8(9(14)15-4)7-13-11(2,3)10-12-5-6-16-10/h5-6,8,13H,7H2,1-4H3. The molecule has 0 bridgehead atoms. The molecule has 1 aromatic heterocycles. The third-order valence-corrected chi connectivity index (χ3v) is 3.52. The van der Waals surface area contributed by atoms with E-state index in [9.17, 15) is 4.79 Å². The number of esters is 1. The molecule has 0 saturated carbocycles. The van der Waals surface area contributed by atoms with Crippen LogP contribution in [-0.2, 0) is 15.1 Å². The van der Waals surface area contributed by atoms with Gasteiger partial charge in [-0.25, -0.2) is 4.98 Å². The first-order valence-electron chi connectivity index (χ1n) is 5.20. The molecule has 0 aromatic carbocycles. The van der Waals surface area contributed by atoms with E-state index in [4.69, 9.17) is 0 Å². The lowest BCUT2D eigenvalue weighted by atomic mass is 10.1. The van der Waals surface area contributed by atoms with E-state index < -0.39 is 0 Å². The van der Waals surface area contributed by atoms with Crippen molar-refractivity contribution in [2.45, 2.75) is 26.3 Å². The number of carbonyl (C=O) groups excluding carboxylic acids is 1. The van der Waals surface area contributed by atoms with Gasteiger partial charge in [-0.1, -0.05) is 6.92 Å². The number of carbonyl (C=O) groups is 1. The SMILES string of the molecule is COC(=O)C(C)CNC(C)(C)c1nccs1. The molecule has 1 heterocycles. The van der Waals surface area contributed by atoms with Gasteiger partial charge >= 0.3 is 5.97 Å². The molecule has 1 unspecified atom stereocenters. The molecule has 4 nitrogen and oxygen atoms in total. The highest BCUT2D eigenvalue weighted by Crippen LogP contribution is 2.22. The van der Waals surface area contributed by atoms with Crippen LogP contribution >= 0.6 is 11.3 Å². The van der Waals surface area contributed by atoms with Crippen molar-refractivity contribution in [1.29, 1.82) is 0 Å². The predicted molar refractivity (Wildman–Crippen MR) is 64.3 cm³/mol. The fourth-order valence-electron chi connectivity index (χ4n) is 1.30. The third-order valence-electron chi connectivity index (χ3n) is 2.42. The van der Waals surface area contributed by atoms with Crippen molar-refractivity contribution >= 4 is 17.3 Å². The van der Waals surface area contributed by atoms with Crippen LogP contribution in [-0.4, -0.2) is 24.6 Å². The third kappa shape index (κ3) is 3.28. The summed E-state index contributed by atoms with van der Waals surface area (Å²) >= 11 is 1.61. The number of nitrogens with zero attached hydrogens (tertiary/aromatic N) is 1. The number of methoxy groups -OCH3 is 1. The van der Waals surface area contributed by atoms with Crippen molar-refractivity contribution < 1.29 is 9.53 Å². The van der Waals surface area contributed by atoms with Gasteiger partial charge in [-0.2, -0.15) is 0 Å². The maximum Gasteiger partial charge on any atom is 0.309 e. The minimum Gasteiger partial charge on any atom is -0.469 e. The van der Waals surface area contributed by atoms with Crippen LogP contribution in [0.3, 0.4) is 0 Å². The van der Waals surface area contributed by atoms with Crippen LogP contribution in [0, 0.1) is 5.92 Å². The van der Waals surface area contributed by atoms with Crippen LogP contribution in [0.2, 0.25) is 0 Å². The molecule has 1 N–H and O–H groups in total. The van der Waals surface area contributed by atoms with E-state index in [1.54, 1.807) is 17.5 Å². The van der Waals surface area contributed by atoms with Gasteiger partial charge in [-0.15, -0.1) is 11.3 Å². The highest BCUT2D eigenvalue weighted by molar-refractivity contribution is 7.09. The number of thiazole rings is 1. The number of nitrogens with one attached hydrogen (secondary N) is 1. The second-order valence-corrected chi connectivity index (χ2v) is 5.16. The monoisotopic (exact) mass is 242 g/mol. The highest BCUT2D eigenvalue weighted by atomic mass is 32.1. The summed E-state index contributed by atoms with van der Waals surface area (Å²) in [6.45, 7) is 6.53. The van der Waals surface area contributed by atoms with Gasteiger partial charge < -0.3 is 10.1 Å². The summed E-state index contributed by atoms with van der Waals surface area (Å²) in [5.41, 5.74) is -0.212. The summed E-state index contributed by atoms with van der Waals surface area (Å²) in [6, 6.07) is 0. The smallest absolute Gasteiger partial charge is 0.309 e. The minimum atomic E-state index is -0.212. The minimum absolute atomic E-state index is 0.149. The molecule has 90 valence electrons. The molecule has 0 aliphatic carbocycles. The number of hydrogen-bond acceptors (Lipinski definition) is 5. The number of hydrogen-bond donors (Lipinski definition) is 1. The van der Waals surface area contributed by atoms with Crippen molar-refractivity contribution in [3.05, 3.63) is 16.6 Å². The molecular weight excluding hydrogens is 224 g/mol. The van der Waals surface area contributed by atoms with Crippen molar-refractivity contribution in [2.75, 3.05) is 13.7 Å². The normalized spacial score (nSPS) is 13.5. The first-order chi connectivity index (χ1) is 7.47. The van der Waals surface area contributed by atoms with Gasteiger partial charge in [0.2, 0.25) is 0 Å². The zero-order valence-electron chi connectivity index (χ0n) is 10.1. The summed E-state index contributed by atoms with van der Waals surface area (Å²) in [6.07, 6.45) is 1.78. The lowest BCUT2D eigenvalue weighted by Gasteiger charge is -2.25. The average molecular weight is 242 g/mol. The first-order valence-corrected chi connectivity index (χ1v) is 6.08. The molecule has 16 heavy (non-hydrogen) atoms. The van der Waals surface area contributed by atoms with Crippen molar-refractivity contribution in [3.63, 3.8) is 0 Å². The van der Waals surface area contributed by atoms with Crippen LogP contribution in [0.15, 0.2) is 11.6 Å². The van der Waals surface area contributed by atoms with Gasteiger partial charge in [0.1, 0.15) is 5.01 Å². The topological polar surface area (TPSA) is 51.2 Å². The molecule has 0 spiro atoms. The van der Waals surface area contributed by atoms with Crippen LogP contribution in [0.5, 0.6) is 0 Å². The first kappa shape index (κ1) is 13.1. The molecule has 0 fully saturated rings. The second kappa shape index (κ2) is 5.41. The lowest BCUT2D eigenvalue weighted by Crippen LogP contribution is -2.40. The summed E-state index contributed by atoms with van der Waals surface area (Å²) in [5, 5.41) is 6.29. The molecule has 0 saturated heterocycles. The summed E-state index contributed by atoms with van der Waals surface area (Å²) < 4.78 is 4.68. The fraction of sp³-hybridized carbons (Fsp3) is 0.636. The fourth-order valence-corrected chi connectivity index (χ4v) is 2.04. The Morgan fingerprint density at radius 2 is 2.38 bits per heavy atom. The molecular formula is C11H18N2O2S. The van der Waals surface area contributed by atoms with Crippen LogP contribution in [0.25, 0.3) is 0 Å². The molecule has 0 amide bonds. The van der Waals surface area contributed by atoms with Gasteiger partial charge in [0.15, 0.2) is 0 Å². The molecule has 1 rings (SSSR count). The van der Waals surface area contributed by atoms with Crippen LogP contribution in [0.4, 0.5) is 0 Å². The Morgan fingerprint density at radius 3 is 2.88 bits per heavy atom. The zero-order chi connectivity index (χ0) is 12.2. The van der Waals surface area contributed by atoms with Gasteiger partial charge in [-0.3, -0.25) is 4.79 Å². The van der Waals surface area contributed by atoms with E-state index in [-0.39, 0.29) is 17.4 Å². The lowest BCUT2D eigenvalue weighted by molar-refractivity contribution is -0.144. The van der Waals surface area contributed by atoms with E-state index in [0.29, 0.717) is 6.54 Å². The van der Waals surface area contributed by atoms with Crippen molar-refractivity contribution in [3.8, 4) is 0 Å². The van der Waals surface area contributed by atoms with E-state index in [1.165, 1.54) is 7.11 Å². The maximum atomic E-state index is 11.2. The maximum absolute atomic E-state index is 11.2.